The minimum absolute atomic E-state index is 0.0450. The van der Waals surface area contributed by atoms with Gasteiger partial charge in [0.15, 0.2) is 23.0 Å². The Labute approximate surface area is 194 Å². The van der Waals surface area contributed by atoms with Gasteiger partial charge in [0.25, 0.3) is 0 Å². The van der Waals surface area contributed by atoms with Gasteiger partial charge in [0.1, 0.15) is 0 Å². The van der Waals surface area contributed by atoms with Crippen molar-refractivity contribution in [1.82, 2.24) is 5.01 Å². The molecule has 0 aliphatic carbocycles. The third-order valence-electron chi connectivity index (χ3n) is 6.16. The average Bonchev–Trinajstić information content (AvgIpc) is 3.30. The second-order valence-electron chi connectivity index (χ2n) is 8.20. The van der Waals surface area contributed by atoms with Gasteiger partial charge >= 0.3 is 0 Å². The zero-order valence-electron chi connectivity index (χ0n) is 19.4. The van der Waals surface area contributed by atoms with Crippen LogP contribution in [0.25, 0.3) is 0 Å². The summed E-state index contributed by atoms with van der Waals surface area (Å²) in [6.45, 7) is 4.64. The van der Waals surface area contributed by atoms with E-state index in [1.165, 1.54) is 5.56 Å². The number of fused-ring (bicyclic) bond motifs is 3. The van der Waals surface area contributed by atoms with Crippen LogP contribution in [0.3, 0.4) is 0 Å². The van der Waals surface area contributed by atoms with E-state index in [2.05, 4.69) is 42.3 Å². The Hall–Kier alpha value is -3.67. The molecule has 0 unspecified atom stereocenters. The maximum Gasteiger partial charge on any atom is 0.214 e. The molecular weight excluding hydrogens is 416 g/mol. The van der Waals surface area contributed by atoms with Crippen LogP contribution >= 0.6 is 0 Å². The molecule has 2 atom stereocenters. The molecule has 2 heterocycles. The number of benzene rings is 3. The van der Waals surface area contributed by atoms with Crippen LogP contribution in [0, 0.1) is 6.92 Å². The first kappa shape index (κ1) is 21.2. The van der Waals surface area contributed by atoms with Crippen LogP contribution < -0.4 is 18.9 Å². The first-order valence-corrected chi connectivity index (χ1v) is 11.2. The van der Waals surface area contributed by atoms with Crippen molar-refractivity contribution in [1.29, 1.82) is 0 Å². The van der Waals surface area contributed by atoms with Crippen molar-refractivity contribution >= 4 is 5.71 Å². The molecule has 0 fully saturated rings. The minimum Gasteiger partial charge on any atom is -0.493 e. The summed E-state index contributed by atoms with van der Waals surface area (Å²) < 4.78 is 23.5. The smallest absolute Gasteiger partial charge is 0.214 e. The number of nitrogens with zero attached hydrogens (tertiary/aromatic N) is 2. The highest BCUT2D eigenvalue weighted by Gasteiger charge is 2.42. The summed E-state index contributed by atoms with van der Waals surface area (Å²) in [5, 5.41) is 7.12. The topological polar surface area (TPSA) is 52.5 Å². The van der Waals surface area contributed by atoms with Crippen LogP contribution in [0.15, 0.2) is 65.8 Å². The van der Waals surface area contributed by atoms with Gasteiger partial charge in [-0.05, 0) is 43.7 Å². The molecule has 0 bridgehead atoms. The van der Waals surface area contributed by atoms with Gasteiger partial charge in [-0.2, -0.15) is 5.10 Å². The first-order valence-electron chi connectivity index (χ1n) is 11.2. The summed E-state index contributed by atoms with van der Waals surface area (Å²) in [4.78, 5) is 0. The van der Waals surface area contributed by atoms with E-state index in [4.69, 9.17) is 24.0 Å². The number of hydrogen-bond acceptors (Lipinski definition) is 6. The number of aryl methyl sites for hydroxylation is 1. The lowest BCUT2D eigenvalue weighted by molar-refractivity contribution is -0.0213. The Balaban J connectivity index is 1.61. The molecule has 2 aliphatic rings. The molecule has 170 valence electrons. The summed E-state index contributed by atoms with van der Waals surface area (Å²) in [5.74, 6) is 2.86. The molecule has 0 N–H and O–H groups in total. The average molecular weight is 445 g/mol. The molecule has 3 aromatic carbocycles. The number of rotatable bonds is 6. The Morgan fingerprint density at radius 2 is 1.76 bits per heavy atom. The van der Waals surface area contributed by atoms with Crippen LogP contribution in [0.1, 0.15) is 47.9 Å². The Morgan fingerprint density at radius 1 is 0.970 bits per heavy atom. The standard InChI is InChI=1S/C27H28N2O4/c1-5-32-24-8-6-7-20-22-16-21(18-11-9-17(2)10-12-18)28-29(22)27(33-26(20)24)19-13-14-23(30-3)25(15-19)31-4/h6-15,22,27H,5,16H2,1-4H3/t22-,27-/m1/s1. The zero-order valence-corrected chi connectivity index (χ0v) is 19.4. The van der Waals surface area contributed by atoms with Gasteiger partial charge in [0.2, 0.25) is 6.23 Å². The molecule has 0 spiro atoms. The molecule has 33 heavy (non-hydrogen) atoms. The van der Waals surface area contributed by atoms with Crippen LogP contribution in [0.5, 0.6) is 23.0 Å². The van der Waals surface area contributed by atoms with E-state index in [-0.39, 0.29) is 6.04 Å². The van der Waals surface area contributed by atoms with E-state index in [9.17, 15) is 0 Å². The number of hydrazone groups is 1. The minimum atomic E-state index is -0.424. The third kappa shape index (κ3) is 3.75. The van der Waals surface area contributed by atoms with Crippen molar-refractivity contribution in [3.05, 3.63) is 82.9 Å². The summed E-state index contributed by atoms with van der Waals surface area (Å²) in [7, 11) is 3.27. The maximum absolute atomic E-state index is 6.59. The number of ether oxygens (including phenoxy) is 4. The molecule has 6 nitrogen and oxygen atoms in total. The van der Waals surface area contributed by atoms with Crippen molar-refractivity contribution in [3.63, 3.8) is 0 Å². The van der Waals surface area contributed by atoms with Crippen LogP contribution in [-0.2, 0) is 0 Å². The molecule has 0 saturated carbocycles. The largest absolute Gasteiger partial charge is 0.493 e. The van der Waals surface area contributed by atoms with Gasteiger partial charge in [-0.15, -0.1) is 0 Å². The van der Waals surface area contributed by atoms with Crippen molar-refractivity contribution < 1.29 is 18.9 Å². The molecule has 0 amide bonds. The fraction of sp³-hybridized carbons (Fsp3) is 0.296. The molecule has 0 radical (unpaired) electrons. The highest BCUT2D eigenvalue weighted by atomic mass is 16.5. The zero-order chi connectivity index (χ0) is 22.9. The summed E-state index contributed by atoms with van der Waals surface area (Å²) in [6.07, 6.45) is 0.366. The summed E-state index contributed by atoms with van der Waals surface area (Å²) in [6, 6.07) is 20.5. The lowest BCUT2D eigenvalue weighted by Crippen LogP contribution is -2.34. The Kier molecular flexibility index (Phi) is 5.58. The first-order chi connectivity index (χ1) is 16.1. The number of methoxy groups -OCH3 is 2. The summed E-state index contributed by atoms with van der Waals surface area (Å²) in [5.41, 5.74) is 5.42. The third-order valence-corrected chi connectivity index (χ3v) is 6.16. The normalized spacial score (nSPS) is 18.7. The van der Waals surface area contributed by atoms with E-state index in [1.54, 1.807) is 14.2 Å². The maximum atomic E-state index is 6.59. The quantitative estimate of drug-likeness (QED) is 0.492. The second kappa shape index (κ2) is 8.70. The van der Waals surface area contributed by atoms with Gasteiger partial charge < -0.3 is 18.9 Å². The van der Waals surface area contributed by atoms with Gasteiger partial charge in [0.05, 0.1) is 32.6 Å². The van der Waals surface area contributed by atoms with E-state index < -0.39 is 6.23 Å². The molecular formula is C27H28N2O4. The van der Waals surface area contributed by atoms with Gasteiger partial charge in [-0.3, -0.25) is 0 Å². The van der Waals surface area contributed by atoms with Gasteiger partial charge in [0, 0.05) is 17.5 Å². The predicted octanol–water partition coefficient (Wildman–Crippen LogP) is 5.65. The highest BCUT2D eigenvalue weighted by molar-refractivity contribution is 6.02. The Bertz CT molecular complexity index is 1190. The van der Waals surface area contributed by atoms with Crippen LogP contribution in [0.4, 0.5) is 0 Å². The fourth-order valence-corrected chi connectivity index (χ4v) is 4.50. The van der Waals surface area contributed by atoms with Gasteiger partial charge in [-0.25, -0.2) is 5.01 Å². The molecule has 3 aromatic rings. The molecule has 6 heteroatoms. The van der Waals surface area contributed by atoms with Crippen LogP contribution in [0.2, 0.25) is 0 Å². The van der Waals surface area contributed by atoms with E-state index in [0.717, 1.165) is 40.3 Å². The molecule has 0 aromatic heterocycles. The van der Waals surface area contributed by atoms with Crippen molar-refractivity contribution in [2.24, 2.45) is 5.10 Å². The van der Waals surface area contributed by atoms with Crippen molar-refractivity contribution in [3.8, 4) is 23.0 Å². The summed E-state index contributed by atoms with van der Waals surface area (Å²) >= 11 is 0. The molecule has 0 saturated heterocycles. The second-order valence-corrected chi connectivity index (χ2v) is 8.20. The van der Waals surface area contributed by atoms with E-state index in [1.807, 2.05) is 37.3 Å². The highest BCUT2D eigenvalue weighted by Crippen LogP contribution is 2.51. The number of para-hydroxylation sites is 1. The monoisotopic (exact) mass is 444 g/mol. The SMILES string of the molecule is CCOc1cccc2c1O[C@H](c1ccc(OC)c(OC)c1)N1N=C(c3ccc(C)cc3)C[C@H]21. The molecule has 5 rings (SSSR count). The lowest BCUT2D eigenvalue weighted by atomic mass is 9.95. The molecule has 2 aliphatic heterocycles. The lowest BCUT2D eigenvalue weighted by Gasteiger charge is -2.38. The van der Waals surface area contributed by atoms with Crippen LogP contribution in [-0.4, -0.2) is 31.5 Å². The van der Waals surface area contributed by atoms with Crippen molar-refractivity contribution in [2.75, 3.05) is 20.8 Å². The fourth-order valence-electron chi connectivity index (χ4n) is 4.50. The number of hydrogen-bond donors (Lipinski definition) is 0. The predicted molar refractivity (Wildman–Crippen MR) is 127 cm³/mol. The van der Waals surface area contributed by atoms with Crippen molar-refractivity contribution in [2.45, 2.75) is 32.5 Å². The van der Waals surface area contributed by atoms with Gasteiger partial charge in [-0.1, -0.05) is 42.0 Å². The van der Waals surface area contributed by atoms with E-state index >= 15 is 0 Å². The van der Waals surface area contributed by atoms with E-state index in [0.29, 0.717) is 18.1 Å². The Morgan fingerprint density at radius 3 is 2.48 bits per heavy atom.